The van der Waals surface area contributed by atoms with Gasteiger partial charge in [0.05, 0.1) is 0 Å². The first-order chi connectivity index (χ1) is 23.1. The van der Waals surface area contributed by atoms with Gasteiger partial charge in [0.1, 0.15) is 0 Å². The predicted octanol–water partition coefficient (Wildman–Crippen LogP) is 13.0. The second-order valence-electron chi connectivity index (χ2n) is 13.3. The minimum absolute atomic E-state index is 0.0694. The Bertz CT molecular complexity index is 2520. The summed E-state index contributed by atoms with van der Waals surface area (Å²) in [4.78, 5) is 0. The highest BCUT2D eigenvalue weighted by Gasteiger charge is 2.35. The summed E-state index contributed by atoms with van der Waals surface area (Å²) in [6.45, 7) is 4.74. The van der Waals surface area contributed by atoms with Crippen LogP contribution in [-0.2, 0) is 5.41 Å². The maximum atomic E-state index is 2.47. The molecule has 0 bridgehead atoms. The highest BCUT2D eigenvalue weighted by Crippen LogP contribution is 2.51. The van der Waals surface area contributed by atoms with E-state index in [4.69, 9.17) is 0 Å². The van der Waals surface area contributed by atoms with Crippen LogP contribution in [0.2, 0.25) is 0 Å². The van der Waals surface area contributed by atoms with Crippen molar-refractivity contribution in [1.82, 2.24) is 0 Å². The van der Waals surface area contributed by atoms with E-state index in [9.17, 15) is 0 Å². The predicted molar refractivity (Wildman–Crippen MR) is 203 cm³/mol. The van der Waals surface area contributed by atoms with Crippen molar-refractivity contribution in [3.8, 4) is 33.4 Å². The second kappa shape index (κ2) is 10.7. The molecule has 8 aromatic rings. The number of fused-ring (bicyclic) bond motifs is 6. The summed E-state index contributed by atoms with van der Waals surface area (Å²) in [5.74, 6) is 0. The first kappa shape index (κ1) is 27.6. The molecule has 0 heterocycles. The van der Waals surface area contributed by atoms with Gasteiger partial charge in [-0.15, -0.1) is 0 Å². The van der Waals surface area contributed by atoms with Gasteiger partial charge >= 0.3 is 0 Å². The Morgan fingerprint density at radius 2 is 1.04 bits per heavy atom. The zero-order valence-electron chi connectivity index (χ0n) is 26.7. The van der Waals surface area contributed by atoms with Crippen LogP contribution < -0.4 is 0 Å². The maximum absolute atomic E-state index is 2.47. The topological polar surface area (TPSA) is 0 Å². The fourth-order valence-corrected chi connectivity index (χ4v) is 7.95. The third kappa shape index (κ3) is 4.37. The number of benzene rings is 8. The molecule has 0 amide bonds. The number of hydrogen-bond acceptors (Lipinski definition) is 0. The van der Waals surface area contributed by atoms with Crippen LogP contribution in [0, 0.1) is 0 Å². The van der Waals surface area contributed by atoms with E-state index in [-0.39, 0.29) is 5.41 Å². The van der Waals surface area contributed by atoms with Gasteiger partial charge in [-0.05, 0) is 100 Å². The van der Waals surface area contributed by atoms with Crippen LogP contribution in [0.4, 0.5) is 0 Å². The largest absolute Gasteiger partial charge is 0.0622 e. The lowest BCUT2D eigenvalue weighted by atomic mass is 9.80. The van der Waals surface area contributed by atoms with Crippen molar-refractivity contribution in [3.05, 3.63) is 180 Å². The van der Waals surface area contributed by atoms with E-state index in [1.54, 1.807) is 0 Å². The van der Waals surface area contributed by atoms with Gasteiger partial charge in [-0.2, -0.15) is 0 Å². The fourth-order valence-electron chi connectivity index (χ4n) is 7.95. The number of rotatable bonds is 4. The Hall–Kier alpha value is -5.72. The summed E-state index contributed by atoms with van der Waals surface area (Å²) >= 11 is 0. The molecule has 0 fully saturated rings. The molecule has 0 heteroatoms. The standard InChI is InChI=1S/C47H34/c1-47(2)44-22-11-10-19-40(44)41-28-25-34(30-45(41)47)46-42-20-9-8-18-37(42)38(26-23-31-13-4-3-5-14-31)39-27-24-33(29-43(39)46)36-21-12-16-32-15-6-7-17-35(32)36/h3-30H,1-2H3. The van der Waals surface area contributed by atoms with Crippen LogP contribution >= 0.6 is 0 Å². The monoisotopic (exact) mass is 598 g/mol. The lowest BCUT2D eigenvalue weighted by Crippen LogP contribution is -2.14. The molecule has 1 aliphatic carbocycles. The van der Waals surface area contributed by atoms with Crippen molar-refractivity contribution in [3.63, 3.8) is 0 Å². The molecule has 9 rings (SSSR count). The minimum Gasteiger partial charge on any atom is -0.0622 e. The normalized spacial score (nSPS) is 13.4. The quantitative estimate of drug-likeness (QED) is 0.140. The van der Waals surface area contributed by atoms with Crippen LogP contribution in [0.1, 0.15) is 36.1 Å². The van der Waals surface area contributed by atoms with Crippen molar-refractivity contribution in [2.75, 3.05) is 0 Å². The average Bonchev–Trinajstić information content (AvgIpc) is 3.35. The van der Waals surface area contributed by atoms with Crippen molar-refractivity contribution >= 4 is 44.5 Å². The molecular weight excluding hydrogens is 565 g/mol. The van der Waals surface area contributed by atoms with Crippen LogP contribution in [0.3, 0.4) is 0 Å². The SMILES string of the molecule is CC1(C)c2ccccc2-c2ccc(-c3c4ccccc4c(C=Cc4ccccc4)c4ccc(-c5cccc6ccccc56)cc34)cc21. The zero-order chi connectivity index (χ0) is 31.5. The smallest absolute Gasteiger partial charge is 0.0159 e. The van der Waals surface area contributed by atoms with Gasteiger partial charge in [0.15, 0.2) is 0 Å². The molecule has 0 aliphatic heterocycles. The Balaban J connectivity index is 1.35. The highest BCUT2D eigenvalue weighted by atomic mass is 14.4. The summed E-state index contributed by atoms with van der Waals surface area (Å²) in [5.41, 5.74) is 12.9. The molecular formula is C47H34. The first-order valence-corrected chi connectivity index (χ1v) is 16.5. The second-order valence-corrected chi connectivity index (χ2v) is 13.3. The summed E-state index contributed by atoms with van der Waals surface area (Å²) in [6, 6.07) is 58.1. The van der Waals surface area contributed by atoms with E-state index >= 15 is 0 Å². The molecule has 1 aliphatic rings. The van der Waals surface area contributed by atoms with Gasteiger partial charge in [-0.25, -0.2) is 0 Å². The molecule has 0 spiro atoms. The zero-order valence-corrected chi connectivity index (χ0v) is 26.7. The molecule has 0 aromatic heterocycles. The summed E-state index contributed by atoms with van der Waals surface area (Å²) in [7, 11) is 0. The van der Waals surface area contributed by atoms with Gasteiger partial charge in [-0.1, -0.05) is 172 Å². The van der Waals surface area contributed by atoms with E-state index in [0.29, 0.717) is 0 Å². The molecule has 0 radical (unpaired) electrons. The van der Waals surface area contributed by atoms with E-state index in [1.165, 1.54) is 88.0 Å². The summed E-state index contributed by atoms with van der Waals surface area (Å²) in [6.07, 6.45) is 4.55. The number of hydrogen-bond donors (Lipinski definition) is 0. The molecule has 47 heavy (non-hydrogen) atoms. The summed E-state index contributed by atoms with van der Waals surface area (Å²) < 4.78 is 0. The van der Waals surface area contributed by atoms with E-state index in [0.717, 1.165) is 0 Å². The molecule has 8 aromatic carbocycles. The molecule has 0 nitrogen and oxygen atoms in total. The molecule has 222 valence electrons. The average molecular weight is 599 g/mol. The first-order valence-electron chi connectivity index (χ1n) is 16.5. The Labute approximate surface area is 276 Å². The van der Waals surface area contributed by atoms with Crippen LogP contribution in [0.5, 0.6) is 0 Å². The Morgan fingerprint density at radius 1 is 0.404 bits per heavy atom. The van der Waals surface area contributed by atoms with E-state index in [1.807, 2.05) is 0 Å². The van der Waals surface area contributed by atoms with Gasteiger partial charge in [0.25, 0.3) is 0 Å². The van der Waals surface area contributed by atoms with Gasteiger partial charge in [-0.3, -0.25) is 0 Å². The minimum atomic E-state index is -0.0694. The van der Waals surface area contributed by atoms with Crippen molar-refractivity contribution in [2.24, 2.45) is 0 Å². The van der Waals surface area contributed by atoms with Gasteiger partial charge < -0.3 is 0 Å². The van der Waals surface area contributed by atoms with Crippen LogP contribution in [0.15, 0.2) is 158 Å². The molecule has 0 N–H and O–H groups in total. The van der Waals surface area contributed by atoms with Crippen molar-refractivity contribution in [1.29, 1.82) is 0 Å². The Morgan fingerprint density at radius 3 is 1.91 bits per heavy atom. The summed E-state index contributed by atoms with van der Waals surface area (Å²) in [5, 5.41) is 7.61. The Kier molecular flexibility index (Phi) is 6.27. The molecule has 0 atom stereocenters. The third-order valence-electron chi connectivity index (χ3n) is 10.3. The lowest BCUT2D eigenvalue weighted by Gasteiger charge is -2.23. The van der Waals surface area contributed by atoms with E-state index < -0.39 is 0 Å². The molecule has 0 unspecified atom stereocenters. The third-order valence-corrected chi connectivity index (χ3v) is 10.3. The van der Waals surface area contributed by atoms with Gasteiger partial charge in [0.2, 0.25) is 0 Å². The van der Waals surface area contributed by atoms with E-state index in [2.05, 4.69) is 184 Å². The van der Waals surface area contributed by atoms with Crippen LogP contribution in [-0.4, -0.2) is 0 Å². The maximum Gasteiger partial charge on any atom is 0.0159 e. The van der Waals surface area contributed by atoms with Crippen LogP contribution in [0.25, 0.3) is 77.9 Å². The fraction of sp³-hybridized carbons (Fsp3) is 0.0638. The molecule has 0 saturated heterocycles. The van der Waals surface area contributed by atoms with Gasteiger partial charge in [0, 0.05) is 5.41 Å². The highest BCUT2D eigenvalue weighted by molar-refractivity contribution is 6.19. The lowest BCUT2D eigenvalue weighted by molar-refractivity contribution is 0.660. The van der Waals surface area contributed by atoms with Crippen molar-refractivity contribution < 1.29 is 0 Å². The molecule has 0 saturated carbocycles. The van der Waals surface area contributed by atoms with Crippen molar-refractivity contribution in [2.45, 2.75) is 19.3 Å².